The monoisotopic (exact) mass is 439 g/mol. The van der Waals surface area contributed by atoms with Crippen molar-refractivity contribution in [2.75, 3.05) is 26.3 Å². The molecule has 0 unspecified atom stereocenters. The molecule has 6 heteroatoms. The van der Waals surface area contributed by atoms with Crippen LogP contribution >= 0.6 is 0 Å². The van der Waals surface area contributed by atoms with Crippen LogP contribution in [0.15, 0.2) is 36.5 Å². The third-order valence-corrected chi connectivity index (χ3v) is 6.75. The van der Waals surface area contributed by atoms with E-state index in [-0.39, 0.29) is 17.8 Å². The molecule has 1 aliphatic carbocycles. The molecular weight excluding hydrogens is 405 g/mol. The standard InChI is InChI=1S/C26H34FN3O2/c1-19(22-5-3-2-4-6-22)29-26(31)16-20-8-10-25(28-17-20)23-9-7-21(15-24(23)27)18-30-11-13-32-14-12-30/h7-10,15,17,19,22H,2-6,11-14,16,18H2,1H3,(H,29,31)/t19-/m1/s1. The van der Waals surface area contributed by atoms with E-state index in [2.05, 4.69) is 22.1 Å². The van der Waals surface area contributed by atoms with Crippen molar-refractivity contribution in [1.82, 2.24) is 15.2 Å². The minimum Gasteiger partial charge on any atom is -0.379 e. The number of halogens is 1. The summed E-state index contributed by atoms with van der Waals surface area (Å²) in [6, 6.07) is 9.23. The van der Waals surface area contributed by atoms with Crippen molar-refractivity contribution in [3.05, 3.63) is 53.5 Å². The summed E-state index contributed by atoms with van der Waals surface area (Å²) in [5.74, 6) is 0.341. The number of morpholine rings is 1. The highest BCUT2D eigenvalue weighted by Gasteiger charge is 2.21. The molecule has 1 N–H and O–H groups in total. The zero-order valence-electron chi connectivity index (χ0n) is 19.0. The van der Waals surface area contributed by atoms with Crippen LogP contribution in [0.2, 0.25) is 0 Å². The van der Waals surface area contributed by atoms with Crippen LogP contribution in [0, 0.1) is 11.7 Å². The Morgan fingerprint density at radius 1 is 1.16 bits per heavy atom. The molecule has 0 bridgehead atoms. The van der Waals surface area contributed by atoms with Gasteiger partial charge in [0.1, 0.15) is 5.82 Å². The number of rotatable bonds is 7. The summed E-state index contributed by atoms with van der Waals surface area (Å²) in [4.78, 5) is 19.2. The predicted octanol–water partition coefficient (Wildman–Crippen LogP) is 4.35. The molecule has 4 rings (SSSR count). The van der Waals surface area contributed by atoms with Crippen LogP contribution in [-0.4, -0.2) is 48.1 Å². The highest BCUT2D eigenvalue weighted by atomic mass is 19.1. The topological polar surface area (TPSA) is 54.5 Å². The lowest BCUT2D eigenvalue weighted by Crippen LogP contribution is -2.39. The van der Waals surface area contributed by atoms with E-state index in [4.69, 9.17) is 4.74 Å². The van der Waals surface area contributed by atoms with Crippen LogP contribution in [0.1, 0.15) is 50.2 Å². The van der Waals surface area contributed by atoms with Gasteiger partial charge in [0.25, 0.3) is 0 Å². The summed E-state index contributed by atoms with van der Waals surface area (Å²) in [7, 11) is 0. The van der Waals surface area contributed by atoms with E-state index in [0.717, 1.165) is 44.0 Å². The number of carbonyl (C=O) groups excluding carboxylic acids is 1. The van der Waals surface area contributed by atoms with Crippen molar-refractivity contribution < 1.29 is 13.9 Å². The maximum absolute atomic E-state index is 14.8. The van der Waals surface area contributed by atoms with Crippen molar-refractivity contribution in [3.63, 3.8) is 0 Å². The zero-order chi connectivity index (χ0) is 22.3. The minimum atomic E-state index is -0.268. The Hall–Kier alpha value is -2.31. The minimum absolute atomic E-state index is 0.0243. The zero-order valence-corrected chi connectivity index (χ0v) is 19.0. The number of ether oxygens (including phenoxy) is 1. The molecule has 1 saturated heterocycles. The van der Waals surface area contributed by atoms with Crippen LogP contribution in [0.3, 0.4) is 0 Å². The molecule has 5 nitrogen and oxygen atoms in total. The molecule has 32 heavy (non-hydrogen) atoms. The number of benzene rings is 1. The number of nitrogens with zero attached hydrogens (tertiary/aromatic N) is 2. The Morgan fingerprint density at radius 3 is 2.59 bits per heavy atom. The van der Waals surface area contributed by atoms with Gasteiger partial charge in [0, 0.05) is 37.4 Å². The Morgan fingerprint density at radius 2 is 1.91 bits per heavy atom. The first-order valence-electron chi connectivity index (χ1n) is 11.9. The third kappa shape index (κ3) is 6.14. The fraction of sp³-hybridized carbons (Fsp3) is 0.538. The quantitative estimate of drug-likeness (QED) is 0.697. The SMILES string of the molecule is C[C@@H](NC(=O)Cc1ccc(-c2ccc(CN3CCOCC3)cc2F)nc1)C1CCCCC1. The second kappa shape index (κ2) is 11.0. The van der Waals surface area contributed by atoms with E-state index in [0.29, 0.717) is 23.6 Å². The number of amides is 1. The van der Waals surface area contributed by atoms with Gasteiger partial charge in [-0.2, -0.15) is 0 Å². The van der Waals surface area contributed by atoms with E-state index >= 15 is 0 Å². The number of nitrogens with one attached hydrogen (secondary N) is 1. The Balaban J connectivity index is 1.33. The van der Waals surface area contributed by atoms with Crippen molar-refractivity contribution in [2.45, 2.75) is 58.0 Å². The largest absolute Gasteiger partial charge is 0.379 e. The van der Waals surface area contributed by atoms with Gasteiger partial charge < -0.3 is 10.1 Å². The van der Waals surface area contributed by atoms with Gasteiger partial charge in [-0.25, -0.2) is 4.39 Å². The molecule has 1 aromatic heterocycles. The van der Waals surface area contributed by atoms with Gasteiger partial charge in [-0.3, -0.25) is 14.7 Å². The summed E-state index contributed by atoms with van der Waals surface area (Å²) in [6.07, 6.45) is 8.23. The lowest BCUT2D eigenvalue weighted by molar-refractivity contribution is -0.121. The molecule has 1 saturated carbocycles. The molecule has 1 amide bonds. The first-order valence-corrected chi connectivity index (χ1v) is 11.9. The fourth-order valence-electron chi connectivity index (χ4n) is 4.81. The first-order chi connectivity index (χ1) is 15.6. The highest BCUT2D eigenvalue weighted by molar-refractivity contribution is 5.79. The van der Waals surface area contributed by atoms with Gasteiger partial charge in [0.15, 0.2) is 0 Å². The van der Waals surface area contributed by atoms with E-state index in [1.807, 2.05) is 12.1 Å². The lowest BCUT2D eigenvalue weighted by Gasteiger charge is -2.28. The Bertz CT molecular complexity index is 890. The summed E-state index contributed by atoms with van der Waals surface area (Å²) in [6.45, 7) is 6.05. The van der Waals surface area contributed by atoms with Crippen LogP contribution in [0.5, 0.6) is 0 Å². The molecule has 172 valence electrons. The Labute approximate surface area is 190 Å². The van der Waals surface area contributed by atoms with Crippen LogP contribution in [0.25, 0.3) is 11.3 Å². The number of hydrogen-bond donors (Lipinski definition) is 1. The maximum atomic E-state index is 14.8. The third-order valence-electron chi connectivity index (χ3n) is 6.75. The summed E-state index contributed by atoms with van der Waals surface area (Å²) in [5, 5.41) is 3.15. The molecule has 1 aliphatic heterocycles. The number of carbonyl (C=O) groups is 1. The normalized spacial score (nSPS) is 18.9. The van der Waals surface area contributed by atoms with E-state index in [9.17, 15) is 9.18 Å². The van der Waals surface area contributed by atoms with Crippen LogP contribution < -0.4 is 5.32 Å². The van der Waals surface area contributed by atoms with Gasteiger partial charge >= 0.3 is 0 Å². The van der Waals surface area contributed by atoms with Crippen molar-refractivity contribution >= 4 is 5.91 Å². The summed E-state index contributed by atoms with van der Waals surface area (Å²) >= 11 is 0. The number of pyridine rings is 1. The lowest BCUT2D eigenvalue weighted by atomic mass is 9.84. The predicted molar refractivity (Wildman–Crippen MR) is 124 cm³/mol. The maximum Gasteiger partial charge on any atom is 0.224 e. The molecule has 2 fully saturated rings. The molecule has 2 heterocycles. The first kappa shape index (κ1) is 22.9. The molecule has 1 aromatic carbocycles. The molecule has 1 atom stereocenters. The smallest absolute Gasteiger partial charge is 0.224 e. The fourth-order valence-corrected chi connectivity index (χ4v) is 4.81. The Kier molecular flexibility index (Phi) is 7.87. The van der Waals surface area contributed by atoms with E-state index < -0.39 is 0 Å². The number of aromatic nitrogens is 1. The van der Waals surface area contributed by atoms with Crippen molar-refractivity contribution in [3.8, 4) is 11.3 Å². The molecule has 2 aliphatic rings. The van der Waals surface area contributed by atoms with Crippen LogP contribution in [-0.2, 0) is 22.5 Å². The highest BCUT2D eigenvalue weighted by Crippen LogP contribution is 2.26. The van der Waals surface area contributed by atoms with Gasteiger partial charge in [-0.15, -0.1) is 0 Å². The van der Waals surface area contributed by atoms with Gasteiger partial charge in [0.05, 0.1) is 25.3 Å². The molecule has 0 spiro atoms. The van der Waals surface area contributed by atoms with Crippen LogP contribution in [0.4, 0.5) is 4.39 Å². The summed E-state index contributed by atoms with van der Waals surface area (Å²) in [5.41, 5.74) is 2.86. The van der Waals surface area contributed by atoms with Crippen molar-refractivity contribution in [2.24, 2.45) is 5.92 Å². The molecule has 2 aromatic rings. The van der Waals surface area contributed by atoms with Crippen molar-refractivity contribution in [1.29, 1.82) is 0 Å². The summed E-state index contributed by atoms with van der Waals surface area (Å²) < 4.78 is 20.1. The average Bonchev–Trinajstić information content (AvgIpc) is 2.81. The number of hydrogen-bond acceptors (Lipinski definition) is 4. The second-order valence-electron chi connectivity index (χ2n) is 9.19. The second-order valence-corrected chi connectivity index (χ2v) is 9.19. The molecule has 0 radical (unpaired) electrons. The average molecular weight is 440 g/mol. The van der Waals surface area contributed by atoms with E-state index in [1.54, 1.807) is 24.4 Å². The van der Waals surface area contributed by atoms with E-state index in [1.165, 1.54) is 32.1 Å². The van der Waals surface area contributed by atoms with Gasteiger partial charge in [0.2, 0.25) is 5.91 Å². The van der Waals surface area contributed by atoms with Gasteiger partial charge in [-0.05, 0) is 55.0 Å². The van der Waals surface area contributed by atoms with Gasteiger partial charge in [-0.1, -0.05) is 31.4 Å². The molecular formula is C26H34FN3O2.